The lowest BCUT2D eigenvalue weighted by Gasteiger charge is -2.18. The van der Waals surface area contributed by atoms with Gasteiger partial charge in [0.2, 0.25) is 0 Å². The maximum Gasteiger partial charge on any atom is 0.335 e. The molecule has 0 bridgehead atoms. The van der Waals surface area contributed by atoms with E-state index in [4.69, 9.17) is 51.2 Å². The Balaban J connectivity index is 1.94. The van der Waals surface area contributed by atoms with Crippen molar-refractivity contribution < 1.29 is 14.4 Å². The number of anilines is 1. The van der Waals surface area contributed by atoms with Gasteiger partial charge >= 0.3 is 5.97 Å². The Kier molecular flexibility index (Phi) is 6.83. The highest BCUT2D eigenvalue weighted by Crippen LogP contribution is 2.35. The summed E-state index contributed by atoms with van der Waals surface area (Å²) in [5.41, 5.74) is 1.62. The minimum absolute atomic E-state index is 0.0140. The molecule has 0 saturated carbocycles. The van der Waals surface area contributed by atoms with Crippen molar-refractivity contribution in [2.45, 2.75) is 19.4 Å². The Morgan fingerprint density at radius 3 is 2.50 bits per heavy atom. The largest absolute Gasteiger partial charge is 0.335 e. The van der Waals surface area contributed by atoms with Gasteiger partial charge in [-0.15, -0.1) is 11.6 Å². The number of carbonyl (C=O) groups is 2. The topological polar surface area (TPSA) is 59.0 Å². The van der Waals surface area contributed by atoms with Crippen LogP contribution in [0.25, 0.3) is 0 Å². The second-order valence-electron chi connectivity index (χ2n) is 5.95. The predicted octanol–water partition coefficient (Wildman–Crippen LogP) is 5.46. The molecule has 0 atom stereocenters. The van der Waals surface area contributed by atoms with E-state index in [1.165, 1.54) is 4.90 Å². The molecule has 2 aromatic rings. The molecular formula is C19H14Cl4N2O3. The van der Waals surface area contributed by atoms with Crippen molar-refractivity contribution in [3.63, 3.8) is 0 Å². The monoisotopic (exact) mass is 458 g/mol. The van der Waals surface area contributed by atoms with Gasteiger partial charge in [-0.3, -0.25) is 4.79 Å². The number of nitrogens with zero attached hydrogens (tertiary/aromatic N) is 2. The summed E-state index contributed by atoms with van der Waals surface area (Å²) in [6.07, 6.45) is 0.564. The fourth-order valence-corrected chi connectivity index (χ4v) is 3.55. The van der Waals surface area contributed by atoms with Crippen molar-refractivity contribution in [3.8, 4) is 0 Å². The van der Waals surface area contributed by atoms with Crippen LogP contribution in [0.1, 0.15) is 24.0 Å². The van der Waals surface area contributed by atoms with Crippen LogP contribution in [0, 0.1) is 0 Å². The van der Waals surface area contributed by atoms with E-state index in [9.17, 15) is 9.59 Å². The summed E-state index contributed by atoms with van der Waals surface area (Å²) in [6, 6.07) is 10.1. The quantitative estimate of drug-likeness (QED) is 0.327. The van der Waals surface area contributed by atoms with E-state index in [1.807, 2.05) is 0 Å². The van der Waals surface area contributed by atoms with Crippen molar-refractivity contribution in [2.75, 3.05) is 10.8 Å². The van der Waals surface area contributed by atoms with Gasteiger partial charge in [0.15, 0.2) is 5.71 Å². The van der Waals surface area contributed by atoms with Crippen molar-refractivity contribution in [3.05, 3.63) is 62.6 Å². The Hall–Kier alpha value is -1.79. The third-order valence-corrected chi connectivity index (χ3v) is 5.29. The minimum Gasteiger partial charge on any atom is -0.317 e. The van der Waals surface area contributed by atoms with Gasteiger partial charge in [-0.1, -0.05) is 46.0 Å². The van der Waals surface area contributed by atoms with Crippen molar-refractivity contribution in [1.82, 2.24) is 0 Å². The SMILES string of the molecule is O=C(CCCCl)O/N=C1\C(=O)N(Cc2c(Cl)cccc2Cl)c2ccc(Cl)cc21. The molecule has 0 aromatic heterocycles. The lowest BCUT2D eigenvalue weighted by molar-refractivity contribution is -0.143. The first-order chi connectivity index (χ1) is 13.4. The molecule has 0 N–H and O–H groups in total. The molecule has 9 heteroatoms. The minimum atomic E-state index is -0.572. The highest BCUT2D eigenvalue weighted by atomic mass is 35.5. The number of rotatable bonds is 6. The highest BCUT2D eigenvalue weighted by Gasteiger charge is 2.35. The van der Waals surface area contributed by atoms with Crippen LogP contribution >= 0.6 is 46.4 Å². The normalized spacial score (nSPS) is 14.5. The second-order valence-corrected chi connectivity index (χ2v) is 7.58. The summed E-state index contributed by atoms with van der Waals surface area (Å²) in [6.45, 7) is 0.130. The van der Waals surface area contributed by atoms with E-state index < -0.39 is 11.9 Å². The molecule has 0 saturated heterocycles. The number of hydrogen-bond acceptors (Lipinski definition) is 4. The Labute approximate surface area is 181 Å². The predicted molar refractivity (Wildman–Crippen MR) is 112 cm³/mol. The van der Waals surface area contributed by atoms with Crippen LogP contribution in [-0.2, 0) is 21.0 Å². The van der Waals surface area contributed by atoms with Gasteiger partial charge < -0.3 is 9.74 Å². The number of oxime groups is 1. The molecule has 2 aromatic carbocycles. The molecule has 146 valence electrons. The van der Waals surface area contributed by atoms with Gasteiger partial charge in [0, 0.05) is 38.5 Å². The lowest BCUT2D eigenvalue weighted by Crippen LogP contribution is -2.30. The van der Waals surface area contributed by atoms with Gasteiger partial charge in [-0.2, -0.15) is 0 Å². The number of halogens is 4. The van der Waals surface area contributed by atoms with Gasteiger partial charge in [0.1, 0.15) is 0 Å². The zero-order valence-electron chi connectivity index (χ0n) is 14.4. The van der Waals surface area contributed by atoms with E-state index in [0.717, 1.165) is 0 Å². The Morgan fingerprint density at radius 1 is 1.11 bits per heavy atom. The first-order valence-corrected chi connectivity index (χ1v) is 9.97. The van der Waals surface area contributed by atoms with Gasteiger partial charge in [-0.25, -0.2) is 4.79 Å². The van der Waals surface area contributed by atoms with Crippen LogP contribution in [0.15, 0.2) is 41.6 Å². The molecule has 28 heavy (non-hydrogen) atoms. The van der Waals surface area contributed by atoms with Gasteiger partial charge in [0.25, 0.3) is 5.91 Å². The summed E-state index contributed by atoms with van der Waals surface area (Å²) >= 11 is 24.1. The summed E-state index contributed by atoms with van der Waals surface area (Å²) in [7, 11) is 0. The molecule has 1 amide bonds. The molecular weight excluding hydrogens is 446 g/mol. The number of hydrogen-bond donors (Lipinski definition) is 0. The van der Waals surface area contributed by atoms with Crippen molar-refractivity contribution in [1.29, 1.82) is 0 Å². The fourth-order valence-electron chi connectivity index (χ4n) is 2.73. The molecule has 1 aliphatic rings. The number of alkyl halides is 1. The number of benzene rings is 2. The van der Waals surface area contributed by atoms with Crippen molar-refractivity contribution >= 4 is 69.7 Å². The first kappa shape index (κ1) is 20.9. The molecule has 0 radical (unpaired) electrons. The molecule has 1 aliphatic heterocycles. The smallest absolute Gasteiger partial charge is 0.317 e. The van der Waals surface area contributed by atoms with Gasteiger partial charge in [0.05, 0.1) is 12.2 Å². The second kappa shape index (κ2) is 9.14. The zero-order valence-corrected chi connectivity index (χ0v) is 17.4. The van der Waals surface area contributed by atoms with Crippen LogP contribution in [0.3, 0.4) is 0 Å². The van der Waals surface area contributed by atoms with Crippen LogP contribution < -0.4 is 4.90 Å². The first-order valence-electron chi connectivity index (χ1n) is 8.31. The maximum atomic E-state index is 13.0. The number of amides is 1. The fraction of sp³-hybridized carbons (Fsp3) is 0.211. The molecule has 0 spiro atoms. The average molecular weight is 460 g/mol. The van der Waals surface area contributed by atoms with E-state index in [-0.39, 0.29) is 18.7 Å². The van der Waals surface area contributed by atoms with Crippen LogP contribution in [-0.4, -0.2) is 23.5 Å². The van der Waals surface area contributed by atoms with Crippen LogP contribution in [0.4, 0.5) is 5.69 Å². The van der Waals surface area contributed by atoms with E-state index in [2.05, 4.69) is 5.16 Å². The molecule has 1 heterocycles. The molecule has 0 unspecified atom stereocenters. The Bertz CT molecular complexity index is 942. The molecule has 0 fully saturated rings. The lowest BCUT2D eigenvalue weighted by atomic mass is 10.1. The average Bonchev–Trinajstić information content (AvgIpc) is 2.91. The number of carbonyl (C=O) groups excluding carboxylic acids is 2. The summed E-state index contributed by atoms with van der Waals surface area (Å²) in [5, 5.41) is 5.08. The molecule has 5 nitrogen and oxygen atoms in total. The Morgan fingerprint density at radius 2 is 1.82 bits per heavy atom. The third-order valence-electron chi connectivity index (χ3n) is 4.08. The molecule has 0 aliphatic carbocycles. The maximum absolute atomic E-state index is 13.0. The zero-order chi connectivity index (χ0) is 20.3. The third kappa shape index (κ3) is 4.44. The van der Waals surface area contributed by atoms with Crippen LogP contribution in [0.2, 0.25) is 15.1 Å². The highest BCUT2D eigenvalue weighted by molar-refractivity contribution is 6.54. The summed E-state index contributed by atoms with van der Waals surface area (Å²) in [5.74, 6) is -0.689. The summed E-state index contributed by atoms with van der Waals surface area (Å²) < 4.78 is 0. The van der Waals surface area contributed by atoms with E-state index in [0.29, 0.717) is 44.2 Å². The number of fused-ring (bicyclic) bond motifs is 1. The van der Waals surface area contributed by atoms with E-state index in [1.54, 1.807) is 36.4 Å². The standard InChI is InChI=1S/C19H14Cl4N2O3/c20-8-2-5-17(26)28-24-18-12-9-11(21)6-7-16(12)25(19(18)27)10-13-14(22)3-1-4-15(13)23/h1,3-4,6-7,9H,2,5,8,10H2/b24-18-. The van der Waals surface area contributed by atoms with Gasteiger partial charge in [-0.05, 0) is 36.8 Å². The molecule has 3 rings (SSSR count). The van der Waals surface area contributed by atoms with Crippen molar-refractivity contribution in [2.24, 2.45) is 5.16 Å². The van der Waals surface area contributed by atoms with Crippen LogP contribution in [0.5, 0.6) is 0 Å². The summed E-state index contributed by atoms with van der Waals surface area (Å²) in [4.78, 5) is 31.1. The van der Waals surface area contributed by atoms with E-state index >= 15 is 0 Å².